The smallest absolute Gasteiger partial charge is 0.427 e. The van der Waals surface area contributed by atoms with Gasteiger partial charge in [0.2, 0.25) is 5.01 Å². The van der Waals surface area contributed by atoms with Crippen LogP contribution < -0.4 is 4.74 Å². The van der Waals surface area contributed by atoms with Gasteiger partial charge in [0.15, 0.2) is 17.5 Å². The van der Waals surface area contributed by atoms with E-state index in [0.717, 1.165) is 40.2 Å². The summed E-state index contributed by atoms with van der Waals surface area (Å²) in [5, 5.41) is -0.620. The highest BCUT2D eigenvalue weighted by atomic mass is 32.1. The Morgan fingerprint density at radius 1 is 0.722 bits per heavy atom. The van der Waals surface area contributed by atoms with Gasteiger partial charge in [0, 0.05) is 11.6 Å². The van der Waals surface area contributed by atoms with Gasteiger partial charge in [-0.25, -0.2) is 22.5 Å². The molecule has 1 aromatic heterocycles. The first kappa shape index (κ1) is 23.9. The fourth-order valence-electron chi connectivity index (χ4n) is 3.67. The summed E-state index contributed by atoms with van der Waals surface area (Å²) in [4.78, 5) is 3.98. The van der Waals surface area contributed by atoms with Gasteiger partial charge in [-0.15, -0.1) is 11.3 Å². The summed E-state index contributed by atoms with van der Waals surface area (Å²) in [6, 6.07) is 16.9. The van der Waals surface area contributed by atoms with E-state index < -0.39 is 40.1 Å². The van der Waals surface area contributed by atoms with Crippen molar-refractivity contribution in [2.24, 2.45) is 0 Å². The fourth-order valence-corrected chi connectivity index (χ4v) is 4.59. The minimum absolute atomic E-state index is 0.294. The zero-order valence-corrected chi connectivity index (χ0v) is 19.3. The summed E-state index contributed by atoms with van der Waals surface area (Å²) in [5.41, 5.74) is 2.62. The van der Waals surface area contributed by atoms with Crippen molar-refractivity contribution < 1.29 is 31.1 Å². The summed E-state index contributed by atoms with van der Waals surface area (Å²) in [5.74, 6) is -6.31. The van der Waals surface area contributed by atoms with Gasteiger partial charge in [-0.3, -0.25) is 0 Å². The van der Waals surface area contributed by atoms with E-state index in [0.29, 0.717) is 28.4 Å². The molecule has 4 aromatic carbocycles. The molecule has 182 valence electrons. The molecule has 0 fully saturated rings. The summed E-state index contributed by atoms with van der Waals surface area (Å²) in [6.45, 7) is 1.96. The molecule has 0 saturated heterocycles. The van der Waals surface area contributed by atoms with Gasteiger partial charge >= 0.3 is 6.11 Å². The maximum absolute atomic E-state index is 14.9. The second-order valence-corrected chi connectivity index (χ2v) is 9.11. The van der Waals surface area contributed by atoms with E-state index in [2.05, 4.69) is 4.98 Å². The second kappa shape index (κ2) is 8.98. The Morgan fingerprint density at radius 2 is 1.39 bits per heavy atom. The highest BCUT2D eigenvalue weighted by molar-refractivity contribution is 7.18. The van der Waals surface area contributed by atoms with E-state index in [9.17, 15) is 26.3 Å². The minimum atomic E-state index is -3.88. The zero-order chi connectivity index (χ0) is 25.6. The molecule has 0 aliphatic heterocycles. The van der Waals surface area contributed by atoms with Crippen LogP contribution in [0, 0.1) is 30.2 Å². The third-order valence-corrected chi connectivity index (χ3v) is 6.57. The van der Waals surface area contributed by atoms with Crippen LogP contribution in [0.25, 0.3) is 32.5 Å². The molecular weight excluding hydrogens is 500 g/mol. The van der Waals surface area contributed by atoms with E-state index in [1.54, 1.807) is 18.2 Å². The molecule has 1 heterocycles. The Bertz CT molecular complexity index is 1570. The first-order chi connectivity index (χ1) is 17.1. The van der Waals surface area contributed by atoms with Gasteiger partial charge in [0.25, 0.3) is 0 Å². The van der Waals surface area contributed by atoms with E-state index in [4.69, 9.17) is 4.74 Å². The molecule has 0 saturated carbocycles. The molecule has 5 rings (SSSR count). The van der Waals surface area contributed by atoms with Crippen LogP contribution in [0.2, 0.25) is 0 Å². The van der Waals surface area contributed by atoms with Crippen molar-refractivity contribution in [2.75, 3.05) is 0 Å². The number of thiazole rings is 1. The lowest BCUT2D eigenvalue weighted by molar-refractivity contribution is -0.185. The Balaban J connectivity index is 1.41. The zero-order valence-electron chi connectivity index (χ0n) is 18.5. The van der Waals surface area contributed by atoms with Crippen LogP contribution >= 0.6 is 11.3 Å². The van der Waals surface area contributed by atoms with Crippen LogP contribution in [-0.4, -0.2) is 4.98 Å². The van der Waals surface area contributed by atoms with Crippen LogP contribution in [0.5, 0.6) is 5.75 Å². The molecule has 0 aliphatic rings. The number of fused-ring (bicyclic) bond motifs is 1. The monoisotopic (exact) mass is 515 g/mol. The summed E-state index contributed by atoms with van der Waals surface area (Å²) < 4.78 is 89.9. The summed E-state index contributed by atoms with van der Waals surface area (Å²) in [7, 11) is 0. The lowest BCUT2D eigenvalue weighted by Crippen LogP contribution is -2.21. The number of rotatable bonds is 5. The van der Waals surface area contributed by atoms with Crippen molar-refractivity contribution in [2.45, 2.75) is 13.0 Å². The van der Waals surface area contributed by atoms with Gasteiger partial charge < -0.3 is 4.74 Å². The van der Waals surface area contributed by atoms with Crippen LogP contribution in [0.3, 0.4) is 0 Å². The molecule has 2 nitrogen and oxygen atoms in total. The van der Waals surface area contributed by atoms with E-state index in [1.807, 2.05) is 31.2 Å². The molecule has 0 radical (unpaired) electrons. The van der Waals surface area contributed by atoms with Crippen molar-refractivity contribution in [1.82, 2.24) is 4.98 Å². The average molecular weight is 515 g/mol. The number of aromatic nitrogens is 1. The van der Waals surface area contributed by atoms with Crippen LogP contribution in [0.15, 0.2) is 72.8 Å². The number of hydrogen-bond acceptors (Lipinski definition) is 3. The molecule has 0 bridgehead atoms. The third kappa shape index (κ3) is 4.54. The maximum Gasteiger partial charge on any atom is 0.454 e. The number of alkyl halides is 2. The van der Waals surface area contributed by atoms with Crippen LogP contribution in [0.4, 0.5) is 26.3 Å². The number of nitrogens with zero attached hydrogens (tertiary/aromatic N) is 1. The molecule has 36 heavy (non-hydrogen) atoms. The van der Waals surface area contributed by atoms with Crippen molar-refractivity contribution in [3.8, 4) is 28.0 Å². The van der Waals surface area contributed by atoms with E-state index >= 15 is 0 Å². The van der Waals surface area contributed by atoms with Gasteiger partial charge in [-0.2, -0.15) is 8.78 Å². The molecule has 0 atom stereocenters. The normalized spacial score (nSPS) is 11.8. The molecule has 5 aromatic rings. The SMILES string of the molecule is Cc1ccc(-c2ccc3nc(C(F)(F)Oc4ccc(-c5cc(F)c(F)c(F)c5)c(F)c4)sc3c2)cc1. The first-order valence-electron chi connectivity index (χ1n) is 10.6. The largest absolute Gasteiger partial charge is 0.454 e. The number of hydrogen-bond donors (Lipinski definition) is 0. The Hall–Kier alpha value is -3.85. The van der Waals surface area contributed by atoms with Crippen molar-refractivity contribution >= 4 is 21.6 Å². The van der Waals surface area contributed by atoms with Crippen molar-refractivity contribution in [1.29, 1.82) is 0 Å². The minimum Gasteiger partial charge on any atom is -0.427 e. The lowest BCUT2D eigenvalue weighted by Gasteiger charge is -2.16. The van der Waals surface area contributed by atoms with Crippen molar-refractivity contribution in [3.05, 3.63) is 107 Å². The van der Waals surface area contributed by atoms with E-state index in [-0.39, 0.29) is 11.1 Å². The predicted octanol–water partition coefficient (Wildman–Crippen LogP) is 8.62. The predicted molar refractivity (Wildman–Crippen MR) is 126 cm³/mol. The maximum atomic E-state index is 14.9. The summed E-state index contributed by atoms with van der Waals surface area (Å²) >= 11 is 0.745. The molecule has 9 heteroatoms. The highest BCUT2D eigenvalue weighted by Crippen LogP contribution is 2.39. The number of ether oxygens (including phenoxy) is 1. The molecule has 0 amide bonds. The van der Waals surface area contributed by atoms with Crippen LogP contribution in [0.1, 0.15) is 10.6 Å². The van der Waals surface area contributed by atoms with Gasteiger partial charge in [-0.1, -0.05) is 35.9 Å². The number of halogens is 6. The molecule has 0 aliphatic carbocycles. The number of aryl methyl sites for hydroxylation is 1. The summed E-state index contributed by atoms with van der Waals surface area (Å²) in [6.07, 6.45) is -3.88. The Morgan fingerprint density at radius 3 is 2.06 bits per heavy atom. The molecule has 0 N–H and O–H groups in total. The standard InChI is InChI=1S/C27H15F6NOS/c1-14-2-4-15(5-3-14)16-6-9-23-24(12-16)36-26(34-23)27(32,33)35-18-7-8-19(20(28)13-18)17-10-21(29)25(31)22(30)11-17/h2-13H,1H3. The molecule has 0 spiro atoms. The Labute approximate surface area is 205 Å². The first-order valence-corrected chi connectivity index (χ1v) is 11.4. The number of benzene rings is 4. The van der Waals surface area contributed by atoms with Crippen molar-refractivity contribution in [3.63, 3.8) is 0 Å². The molecule has 0 unspecified atom stereocenters. The van der Waals surface area contributed by atoms with Gasteiger partial charge in [0.05, 0.1) is 10.2 Å². The Kier molecular flexibility index (Phi) is 5.96. The fraction of sp³-hybridized carbons (Fsp3) is 0.0741. The second-order valence-electron chi connectivity index (χ2n) is 8.08. The average Bonchev–Trinajstić information content (AvgIpc) is 3.27. The quantitative estimate of drug-likeness (QED) is 0.173. The molecular formula is C27H15F6NOS. The van der Waals surface area contributed by atoms with Crippen LogP contribution in [-0.2, 0) is 6.11 Å². The van der Waals surface area contributed by atoms with Gasteiger partial charge in [0.1, 0.15) is 11.6 Å². The topological polar surface area (TPSA) is 22.1 Å². The lowest BCUT2D eigenvalue weighted by atomic mass is 10.0. The highest BCUT2D eigenvalue weighted by Gasteiger charge is 2.39. The third-order valence-electron chi connectivity index (χ3n) is 5.50. The van der Waals surface area contributed by atoms with Gasteiger partial charge in [-0.05, 0) is 60.0 Å². The van der Waals surface area contributed by atoms with E-state index in [1.165, 1.54) is 0 Å².